The minimum absolute atomic E-state index is 0.151. The highest BCUT2D eigenvalue weighted by Gasteiger charge is 2.38. The standard InChI is InChI=1S/C15H22FN3/c1-11(2)7-8-15(3)10-18-14(17)19(15)13-6-4-5-12(16)9-13/h4-6,9,11H,7-8,10H2,1-3H3,(H2,17,18). The van der Waals surface area contributed by atoms with Gasteiger partial charge >= 0.3 is 0 Å². The summed E-state index contributed by atoms with van der Waals surface area (Å²) in [6.45, 7) is 7.22. The van der Waals surface area contributed by atoms with E-state index in [2.05, 4.69) is 25.8 Å². The Hall–Kier alpha value is -1.58. The molecular formula is C15H22FN3. The van der Waals surface area contributed by atoms with E-state index in [1.165, 1.54) is 12.1 Å². The largest absolute Gasteiger partial charge is 0.369 e. The summed E-state index contributed by atoms with van der Waals surface area (Å²) >= 11 is 0. The maximum Gasteiger partial charge on any atom is 0.196 e. The van der Waals surface area contributed by atoms with Crippen LogP contribution in [0.15, 0.2) is 29.3 Å². The van der Waals surface area contributed by atoms with Crippen molar-refractivity contribution in [3.05, 3.63) is 30.1 Å². The number of hydrogen-bond donors (Lipinski definition) is 1. The third-order valence-electron chi connectivity index (χ3n) is 3.68. The summed E-state index contributed by atoms with van der Waals surface area (Å²) in [7, 11) is 0. The number of rotatable bonds is 4. The van der Waals surface area contributed by atoms with Gasteiger partial charge in [-0.25, -0.2) is 4.39 Å². The van der Waals surface area contributed by atoms with E-state index in [0.29, 0.717) is 18.4 Å². The van der Waals surface area contributed by atoms with Crippen LogP contribution in [0, 0.1) is 11.7 Å². The van der Waals surface area contributed by atoms with Gasteiger partial charge in [-0.05, 0) is 43.9 Å². The fourth-order valence-electron chi connectivity index (χ4n) is 2.52. The molecule has 0 amide bonds. The zero-order chi connectivity index (χ0) is 14.0. The molecule has 19 heavy (non-hydrogen) atoms. The van der Waals surface area contributed by atoms with Crippen LogP contribution in [-0.2, 0) is 0 Å². The molecule has 104 valence electrons. The molecule has 0 aliphatic carbocycles. The summed E-state index contributed by atoms with van der Waals surface area (Å²) in [6, 6.07) is 6.54. The SMILES string of the molecule is CC(C)CCC1(C)CN=C(N)N1c1cccc(F)c1. The molecule has 1 aromatic carbocycles. The molecule has 1 atom stereocenters. The smallest absolute Gasteiger partial charge is 0.196 e. The van der Waals surface area contributed by atoms with Crippen molar-refractivity contribution in [2.75, 3.05) is 11.4 Å². The number of aliphatic imine (C=N–C) groups is 1. The number of guanidine groups is 1. The molecule has 2 rings (SSSR count). The van der Waals surface area contributed by atoms with Gasteiger partial charge in [-0.2, -0.15) is 0 Å². The number of anilines is 1. The van der Waals surface area contributed by atoms with Crippen molar-refractivity contribution < 1.29 is 4.39 Å². The van der Waals surface area contributed by atoms with Gasteiger partial charge in [-0.15, -0.1) is 0 Å². The fourth-order valence-corrected chi connectivity index (χ4v) is 2.52. The summed E-state index contributed by atoms with van der Waals surface area (Å²) < 4.78 is 13.4. The van der Waals surface area contributed by atoms with Crippen LogP contribution in [0.1, 0.15) is 33.6 Å². The van der Waals surface area contributed by atoms with Crippen LogP contribution in [0.4, 0.5) is 10.1 Å². The molecule has 0 bridgehead atoms. The van der Waals surface area contributed by atoms with Gasteiger partial charge in [0, 0.05) is 5.69 Å². The molecule has 0 saturated carbocycles. The highest BCUT2D eigenvalue weighted by atomic mass is 19.1. The molecule has 1 aliphatic heterocycles. The molecule has 4 heteroatoms. The van der Waals surface area contributed by atoms with Crippen LogP contribution in [0.2, 0.25) is 0 Å². The van der Waals surface area contributed by atoms with Gasteiger partial charge in [-0.1, -0.05) is 19.9 Å². The topological polar surface area (TPSA) is 41.6 Å². The van der Waals surface area contributed by atoms with Crippen LogP contribution < -0.4 is 10.6 Å². The van der Waals surface area contributed by atoms with Crippen molar-refractivity contribution in [1.29, 1.82) is 0 Å². The van der Waals surface area contributed by atoms with Gasteiger partial charge in [-0.3, -0.25) is 4.99 Å². The van der Waals surface area contributed by atoms with Crippen molar-refractivity contribution in [2.24, 2.45) is 16.6 Å². The Morgan fingerprint density at radius 3 is 2.84 bits per heavy atom. The van der Waals surface area contributed by atoms with Gasteiger partial charge in [0.25, 0.3) is 0 Å². The second-order valence-corrected chi connectivity index (χ2v) is 5.92. The quantitative estimate of drug-likeness (QED) is 0.906. The Kier molecular flexibility index (Phi) is 3.78. The molecule has 1 heterocycles. The lowest BCUT2D eigenvalue weighted by Crippen LogP contribution is -2.50. The van der Waals surface area contributed by atoms with E-state index >= 15 is 0 Å². The number of hydrogen-bond acceptors (Lipinski definition) is 3. The highest BCUT2D eigenvalue weighted by molar-refractivity contribution is 5.98. The monoisotopic (exact) mass is 263 g/mol. The van der Waals surface area contributed by atoms with Crippen LogP contribution in [-0.4, -0.2) is 18.0 Å². The van der Waals surface area contributed by atoms with Crippen molar-refractivity contribution in [2.45, 2.75) is 39.2 Å². The van der Waals surface area contributed by atoms with E-state index in [-0.39, 0.29) is 11.4 Å². The summed E-state index contributed by atoms with van der Waals surface area (Å²) in [5.74, 6) is 0.869. The third kappa shape index (κ3) is 2.88. The molecule has 2 N–H and O–H groups in total. The molecular weight excluding hydrogens is 241 g/mol. The number of nitrogens with two attached hydrogens (primary N) is 1. The van der Waals surface area contributed by atoms with Crippen molar-refractivity contribution >= 4 is 11.6 Å². The summed E-state index contributed by atoms with van der Waals surface area (Å²) in [6.07, 6.45) is 2.09. The predicted molar refractivity (Wildman–Crippen MR) is 77.8 cm³/mol. The van der Waals surface area contributed by atoms with E-state index in [1.807, 2.05) is 11.0 Å². The number of halogens is 1. The van der Waals surface area contributed by atoms with Crippen LogP contribution in [0.3, 0.4) is 0 Å². The summed E-state index contributed by atoms with van der Waals surface area (Å²) in [4.78, 5) is 6.32. The zero-order valence-electron chi connectivity index (χ0n) is 11.9. The Bertz CT molecular complexity index is 484. The van der Waals surface area contributed by atoms with Crippen molar-refractivity contribution in [3.8, 4) is 0 Å². The first-order valence-electron chi connectivity index (χ1n) is 6.78. The lowest BCUT2D eigenvalue weighted by atomic mass is 9.90. The van der Waals surface area contributed by atoms with Gasteiger partial charge in [0.15, 0.2) is 5.96 Å². The normalized spacial score (nSPS) is 23.0. The molecule has 1 unspecified atom stereocenters. The average molecular weight is 263 g/mol. The number of benzene rings is 1. The zero-order valence-corrected chi connectivity index (χ0v) is 11.9. The van der Waals surface area contributed by atoms with Gasteiger partial charge < -0.3 is 10.6 Å². The van der Waals surface area contributed by atoms with Crippen LogP contribution in [0.5, 0.6) is 0 Å². The molecule has 0 aromatic heterocycles. The maximum absolute atomic E-state index is 13.4. The van der Waals surface area contributed by atoms with Crippen LogP contribution in [0.25, 0.3) is 0 Å². The Morgan fingerprint density at radius 1 is 1.47 bits per heavy atom. The van der Waals surface area contributed by atoms with Crippen LogP contribution >= 0.6 is 0 Å². The minimum Gasteiger partial charge on any atom is -0.369 e. The third-order valence-corrected chi connectivity index (χ3v) is 3.68. The summed E-state index contributed by atoms with van der Waals surface area (Å²) in [5, 5.41) is 0. The molecule has 1 aliphatic rings. The maximum atomic E-state index is 13.4. The second kappa shape index (κ2) is 5.19. The first-order valence-corrected chi connectivity index (χ1v) is 6.78. The Morgan fingerprint density at radius 2 is 2.21 bits per heavy atom. The Labute approximate surface area is 114 Å². The molecule has 3 nitrogen and oxygen atoms in total. The van der Waals surface area contributed by atoms with E-state index < -0.39 is 0 Å². The lowest BCUT2D eigenvalue weighted by Gasteiger charge is -2.36. The van der Waals surface area contributed by atoms with E-state index in [4.69, 9.17) is 5.73 Å². The van der Waals surface area contributed by atoms with Crippen molar-refractivity contribution in [1.82, 2.24) is 0 Å². The fraction of sp³-hybridized carbons (Fsp3) is 0.533. The van der Waals surface area contributed by atoms with Crippen molar-refractivity contribution in [3.63, 3.8) is 0 Å². The van der Waals surface area contributed by atoms with E-state index in [0.717, 1.165) is 18.5 Å². The van der Waals surface area contributed by atoms with Gasteiger partial charge in [0.05, 0.1) is 12.1 Å². The van der Waals surface area contributed by atoms with E-state index in [1.54, 1.807) is 6.07 Å². The van der Waals surface area contributed by atoms with Gasteiger partial charge in [0.2, 0.25) is 0 Å². The predicted octanol–water partition coefficient (Wildman–Crippen LogP) is 3.16. The first-order chi connectivity index (χ1) is 8.92. The lowest BCUT2D eigenvalue weighted by molar-refractivity contribution is 0.407. The molecule has 0 saturated heterocycles. The number of nitrogens with zero attached hydrogens (tertiary/aromatic N) is 2. The van der Waals surface area contributed by atoms with E-state index in [9.17, 15) is 4.39 Å². The molecule has 0 fully saturated rings. The highest BCUT2D eigenvalue weighted by Crippen LogP contribution is 2.33. The summed E-state index contributed by atoms with van der Waals surface area (Å²) in [5.41, 5.74) is 6.63. The first kappa shape index (κ1) is 13.8. The molecule has 1 aromatic rings. The second-order valence-electron chi connectivity index (χ2n) is 5.92. The van der Waals surface area contributed by atoms with Gasteiger partial charge in [0.1, 0.15) is 5.82 Å². The minimum atomic E-state index is -0.247. The molecule has 0 spiro atoms. The average Bonchev–Trinajstić information content (AvgIpc) is 2.64. The Balaban J connectivity index is 2.26. The molecule has 0 radical (unpaired) electrons.